The van der Waals surface area contributed by atoms with Crippen molar-refractivity contribution in [2.75, 3.05) is 0 Å². The third-order valence-electron chi connectivity index (χ3n) is 1.37. The topological polar surface area (TPSA) is 12.9 Å². The van der Waals surface area contributed by atoms with E-state index in [9.17, 15) is 8.78 Å². The Bertz CT molecular complexity index is 304. The van der Waals surface area contributed by atoms with E-state index in [-0.39, 0.29) is 10.2 Å². The van der Waals surface area contributed by atoms with Gasteiger partial charge in [-0.1, -0.05) is 11.6 Å². The van der Waals surface area contributed by atoms with Crippen molar-refractivity contribution in [1.82, 2.24) is 4.98 Å². The zero-order valence-electron chi connectivity index (χ0n) is 6.11. The van der Waals surface area contributed by atoms with Gasteiger partial charge < -0.3 is 0 Å². The maximum absolute atomic E-state index is 12.2. The van der Waals surface area contributed by atoms with Crippen LogP contribution in [0.4, 0.5) is 8.78 Å². The first-order valence-electron chi connectivity index (χ1n) is 3.12. The van der Waals surface area contributed by atoms with E-state index >= 15 is 0 Å². The average molecular weight is 256 g/mol. The lowest BCUT2D eigenvalue weighted by Crippen LogP contribution is -1.93. The molecule has 0 saturated heterocycles. The van der Waals surface area contributed by atoms with Crippen LogP contribution in [0.1, 0.15) is 17.7 Å². The standard InChI is InChI=1S/C7H5BrClF2N/c1-3-2-12-6(7(10)11)4(8)5(3)9/h2,7H,1H3. The summed E-state index contributed by atoms with van der Waals surface area (Å²) in [5, 5.41) is 0.292. The summed E-state index contributed by atoms with van der Waals surface area (Å²) in [5.74, 6) is 0. The second kappa shape index (κ2) is 3.66. The Labute approximate surface area is 81.9 Å². The minimum Gasteiger partial charge on any atom is -0.254 e. The van der Waals surface area contributed by atoms with Gasteiger partial charge in [-0.3, -0.25) is 4.98 Å². The number of aromatic nitrogens is 1. The number of nitrogens with zero attached hydrogens (tertiary/aromatic N) is 1. The monoisotopic (exact) mass is 255 g/mol. The van der Waals surface area contributed by atoms with Crippen molar-refractivity contribution in [2.24, 2.45) is 0 Å². The van der Waals surface area contributed by atoms with E-state index in [0.717, 1.165) is 0 Å². The van der Waals surface area contributed by atoms with Crippen LogP contribution < -0.4 is 0 Å². The highest BCUT2D eigenvalue weighted by atomic mass is 79.9. The second-order valence-corrected chi connectivity index (χ2v) is 3.43. The van der Waals surface area contributed by atoms with Gasteiger partial charge in [-0.25, -0.2) is 8.78 Å². The van der Waals surface area contributed by atoms with Gasteiger partial charge in [0.25, 0.3) is 6.43 Å². The molecule has 0 aliphatic heterocycles. The SMILES string of the molecule is Cc1cnc(C(F)F)c(Br)c1Cl. The molecule has 12 heavy (non-hydrogen) atoms. The zero-order valence-corrected chi connectivity index (χ0v) is 8.46. The molecule has 0 aliphatic carbocycles. The van der Waals surface area contributed by atoms with Crippen LogP contribution in [0.2, 0.25) is 5.02 Å². The number of aryl methyl sites for hydroxylation is 1. The maximum atomic E-state index is 12.2. The lowest BCUT2D eigenvalue weighted by molar-refractivity contribution is 0.145. The molecule has 0 N–H and O–H groups in total. The predicted molar refractivity (Wildman–Crippen MR) is 46.6 cm³/mol. The van der Waals surface area contributed by atoms with Crippen LogP contribution in [-0.2, 0) is 0 Å². The summed E-state index contributed by atoms with van der Waals surface area (Å²) in [5.41, 5.74) is 0.360. The molecule has 1 aromatic rings. The average Bonchev–Trinajstić information content (AvgIpc) is 2.00. The third-order valence-corrected chi connectivity index (χ3v) is 2.89. The Hall–Kier alpha value is -0.220. The summed E-state index contributed by atoms with van der Waals surface area (Å²) in [6.07, 6.45) is -1.27. The second-order valence-electron chi connectivity index (χ2n) is 2.26. The van der Waals surface area contributed by atoms with Crippen molar-refractivity contribution in [3.05, 3.63) is 26.9 Å². The zero-order chi connectivity index (χ0) is 9.30. The predicted octanol–water partition coefficient (Wildman–Crippen LogP) is 3.74. The molecule has 5 heteroatoms. The van der Waals surface area contributed by atoms with Gasteiger partial charge in [0.1, 0.15) is 5.69 Å². The molecule has 1 heterocycles. The van der Waals surface area contributed by atoms with Crippen molar-refractivity contribution >= 4 is 27.5 Å². The van der Waals surface area contributed by atoms with Crippen molar-refractivity contribution in [3.8, 4) is 0 Å². The molecule has 0 bridgehead atoms. The van der Waals surface area contributed by atoms with Crippen LogP contribution in [0.5, 0.6) is 0 Å². The van der Waals surface area contributed by atoms with E-state index in [4.69, 9.17) is 11.6 Å². The van der Waals surface area contributed by atoms with Crippen LogP contribution in [0, 0.1) is 6.92 Å². The van der Waals surface area contributed by atoms with E-state index in [1.165, 1.54) is 6.20 Å². The quantitative estimate of drug-likeness (QED) is 0.746. The molecule has 1 rings (SSSR count). The molecule has 66 valence electrons. The molecule has 0 fully saturated rings. The van der Waals surface area contributed by atoms with Gasteiger partial charge in [0, 0.05) is 6.20 Å². The van der Waals surface area contributed by atoms with Crippen LogP contribution in [0.15, 0.2) is 10.7 Å². The summed E-state index contributed by atoms with van der Waals surface area (Å²) in [6, 6.07) is 0. The van der Waals surface area contributed by atoms with Crippen LogP contribution in [0.25, 0.3) is 0 Å². The van der Waals surface area contributed by atoms with Gasteiger partial charge in [-0.05, 0) is 28.4 Å². The third kappa shape index (κ3) is 1.75. The molecule has 0 atom stereocenters. The van der Waals surface area contributed by atoms with E-state index in [2.05, 4.69) is 20.9 Å². The van der Waals surface area contributed by atoms with Crippen molar-refractivity contribution in [1.29, 1.82) is 0 Å². The van der Waals surface area contributed by atoms with Crippen LogP contribution in [0.3, 0.4) is 0 Å². The molecule has 1 aromatic heterocycles. The number of halogens is 4. The molecule has 1 nitrogen and oxygen atoms in total. The summed E-state index contributed by atoms with van der Waals surface area (Å²) in [6.45, 7) is 1.70. The van der Waals surface area contributed by atoms with Gasteiger partial charge in [-0.15, -0.1) is 0 Å². The maximum Gasteiger partial charge on any atom is 0.281 e. The minimum absolute atomic E-state index is 0.180. The first-order valence-corrected chi connectivity index (χ1v) is 4.29. The number of pyridine rings is 1. The normalized spacial score (nSPS) is 10.8. The lowest BCUT2D eigenvalue weighted by atomic mass is 10.3. The molecule has 0 unspecified atom stereocenters. The highest BCUT2D eigenvalue weighted by Crippen LogP contribution is 2.32. The Morgan fingerprint density at radius 1 is 1.58 bits per heavy atom. The van der Waals surface area contributed by atoms with E-state index in [0.29, 0.717) is 10.6 Å². The Balaban J connectivity index is 3.27. The highest BCUT2D eigenvalue weighted by Gasteiger charge is 2.16. The largest absolute Gasteiger partial charge is 0.281 e. The number of hydrogen-bond donors (Lipinski definition) is 0. The summed E-state index contributed by atoms with van der Waals surface area (Å²) >= 11 is 8.66. The molecule has 0 aromatic carbocycles. The number of alkyl halides is 2. The lowest BCUT2D eigenvalue weighted by Gasteiger charge is -2.05. The first-order chi connectivity index (χ1) is 5.54. The molecule has 0 spiro atoms. The molecular weight excluding hydrogens is 251 g/mol. The molecule has 0 amide bonds. The molecule has 0 aliphatic rings. The highest BCUT2D eigenvalue weighted by molar-refractivity contribution is 9.10. The smallest absolute Gasteiger partial charge is 0.254 e. The fraction of sp³-hybridized carbons (Fsp3) is 0.286. The van der Waals surface area contributed by atoms with Gasteiger partial charge >= 0.3 is 0 Å². The van der Waals surface area contributed by atoms with E-state index < -0.39 is 6.43 Å². The minimum atomic E-state index is -2.60. The molecular formula is C7H5BrClF2N. The Morgan fingerprint density at radius 3 is 2.67 bits per heavy atom. The summed E-state index contributed by atoms with van der Waals surface area (Å²) in [7, 11) is 0. The fourth-order valence-corrected chi connectivity index (χ4v) is 1.45. The van der Waals surface area contributed by atoms with E-state index in [1.807, 2.05) is 0 Å². The van der Waals surface area contributed by atoms with Crippen molar-refractivity contribution < 1.29 is 8.78 Å². The first kappa shape index (κ1) is 9.86. The number of rotatable bonds is 1. The van der Waals surface area contributed by atoms with Crippen LogP contribution in [-0.4, -0.2) is 4.98 Å². The van der Waals surface area contributed by atoms with Gasteiger partial charge in [0.05, 0.1) is 9.50 Å². The van der Waals surface area contributed by atoms with Gasteiger partial charge in [0.2, 0.25) is 0 Å². The van der Waals surface area contributed by atoms with Crippen molar-refractivity contribution in [3.63, 3.8) is 0 Å². The summed E-state index contributed by atoms with van der Waals surface area (Å²) in [4.78, 5) is 3.56. The van der Waals surface area contributed by atoms with Gasteiger partial charge in [0.15, 0.2) is 0 Å². The van der Waals surface area contributed by atoms with Gasteiger partial charge in [-0.2, -0.15) is 0 Å². The van der Waals surface area contributed by atoms with Crippen LogP contribution >= 0.6 is 27.5 Å². The molecule has 0 radical (unpaired) electrons. The molecule has 0 saturated carbocycles. The number of hydrogen-bond acceptors (Lipinski definition) is 1. The Kier molecular flexibility index (Phi) is 3.01. The summed E-state index contributed by atoms with van der Waals surface area (Å²) < 4.78 is 24.6. The fourth-order valence-electron chi connectivity index (χ4n) is 0.717. The Morgan fingerprint density at radius 2 is 2.17 bits per heavy atom. The van der Waals surface area contributed by atoms with E-state index in [1.54, 1.807) is 6.92 Å². The van der Waals surface area contributed by atoms with Crippen molar-refractivity contribution in [2.45, 2.75) is 13.3 Å².